The predicted octanol–water partition coefficient (Wildman–Crippen LogP) is 1.72. The lowest BCUT2D eigenvalue weighted by Crippen LogP contribution is -2.43. The summed E-state index contributed by atoms with van der Waals surface area (Å²) in [4.78, 5) is 15.8. The van der Waals surface area contributed by atoms with E-state index in [-0.39, 0.29) is 6.54 Å². The van der Waals surface area contributed by atoms with Gasteiger partial charge < -0.3 is 11.1 Å². The van der Waals surface area contributed by atoms with Crippen molar-refractivity contribution in [1.29, 1.82) is 0 Å². The number of sulfonamides is 1. The van der Waals surface area contributed by atoms with E-state index in [1.54, 1.807) is 30.6 Å². The van der Waals surface area contributed by atoms with Gasteiger partial charge >= 0.3 is 0 Å². The average molecular weight is 439 g/mol. The second-order valence-corrected chi connectivity index (χ2v) is 8.88. The van der Waals surface area contributed by atoms with Crippen LogP contribution in [-0.4, -0.2) is 31.9 Å². The van der Waals surface area contributed by atoms with Gasteiger partial charge in [-0.3, -0.25) is 9.78 Å². The molecule has 4 N–H and O–H groups in total. The summed E-state index contributed by atoms with van der Waals surface area (Å²) in [5.74, 6) is -0.706. The van der Waals surface area contributed by atoms with Gasteiger partial charge in [-0.2, -0.15) is 0 Å². The van der Waals surface area contributed by atoms with Gasteiger partial charge in [0.2, 0.25) is 15.9 Å². The summed E-state index contributed by atoms with van der Waals surface area (Å²) in [5.41, 5.74) is 7.59. The van der Waals surface area contributed by atoms with Gasteiger partial charge in [0.15, 0.2) is 0 Å². The molecule has 7 nitrogen and oxygen atoms in total. The number of primary amides is 1. The van der Waals surface area contributed by atoms with E-state index in [0.717, 1.165) is 10.0 Å². The lowest BCUT2D eigenvalue weighted by molar-refractivity contribution is -0.118. The number of hydrogen-bond acceptors (Lipinski definition) is 5. The lowest BCUT2D eigenvalue weighted by atomic mass is 10.1. The first-order valence-electron chi connectivity index (χ1n) is 8.11. The normalized spacial score (nSPS) is 19.0. The fourth-order valence-electron chi connectivity index (χ4n) is 3.03. The molecular weight excluding hydrogens is 420 g/mol. The fraction of sp³-hybridized carbons (Fsp3) is 0.294. The van der Waals surface area contributed by atoms with E-state index in [1.807, 2.05) is 12.1 Å². The third-order valence-electron chi connectivity index (χ3n) is 4.24. The number of fused-ring (bicyclic) bond motifs is 1. The van der Waals surface area contributed by atoms with E-state index in [2.05, 4.69) is 31.0 Å². The molecule has 0 bridgehead atoms. The Bertz CT molecular complexity index is 905. The number of benzene rings is 1. The minimum Gasteiger partial charge on any atom is -0.372 e. The smallest absolute Gasteiger partial charge is 0.241 e. The molecule has 1 aliphatic rings. The number of aromatic nitrogens is 1. The number of carbonyl (C=O) groups excluding carboxylic acids is 1. The Kier molecular flexibility index (Phi) is 5.59. The van der Waals surface area contributed by atoms with Gasteiger partial charge in [-0.15, -0.1) is 0 Å². The first-order chi connectivity index (χ1) is 12.4. The highest BCUT2D eigenvalue weighted by Gasteiger charge is 2.44. The molecule has 0 radical (unpaired) electrons. The van der Waals surface area contributed by atoms with Crippen molar-refractivity contribution in [2.75, 3.05) is 11.9 Å². The summed E-state index contributed by atoms with van der Waals surface area (Å²) in [7, 11) is -3.79. The van der Waals surface area contributed by atoms with Crippen LogP contribution in [-0.2, 0) is 21.2 Å². The van der Waals surface area contributed by atoms with Crippen molar-refractivity contribution >= 4 is 37.5 Å². The highest BCUT2D eigenvalue weighted by molar-refractivity contribution is 9.10. The van der Waals surface area contributed by atoms with E-state index in [4.69, 9.17) is 5.73 Å². The van der Waals surface area contributed by atoms with Crippen LogP contribution >= 0.6 is 15.9 Å². The molecule has 2 heterocycles. The Labute approximate surface area is 160 Å². The van der Waals surface area contributed by atoms with E-state index < -0.39 is 27.2 Å². The molecule has 0 fully saturated rings. The van der Waals surface area contributed by atoms with Gasteiger partial charge in [-0.25, -0.2) is 13.1 Å². The van der Waals surface area contributed by atoms with E-state index >= 15 is 0 Å². The maximum atomic E-state index is 12.8. The average Bonchev–Trinajstić information content (AvgIpc) is 2.99. The molecule has 26 heavy (non-hydrogen) atoms. The van der Waals surface area contributed by atoms with Crippen molar-refractivity contribution in [1.82, 2.24) is 9.71 Å². The van der Waals surface area contributed by atoms with Crippen LogP contribution in [0.25, 0.3) is 0 Å². The summed E-state index contributed by atoms with van der Waals surface area (Å²) < 4.78 is 29.0. The fourth-order valence-corrected chi connectivity index (χ4v) is 5.11. The van der Waals surface area contributed by atoms with Crippen LogP contribution in [0.2, 0.25) is 0 Å². The highest BCUT2D eigenvalue weighted by Crippen LogP contribution is 2.40. The molecule has 0 saturated carbocycles. The number of nitrogens with zero attached hydrogens (tertiary/aromatic N) is 1. The van der Waals surface area contributed by atoms with Crippen molar-refractivity contribution in [2.45, 2.75) is 24.1 Å². The minimum atomic E-state index is -3.79. The molecule has 1 amide bonds. The SMILES string of the molecule is NC(=O)C1Nc2ccc(Br)cc2C1S(=O)(=O)NCCCc1cccnc1. The molecule has 2 atom stereocenters. The lowest BCUT2D eigenvalue weighted by Gasteiger charge is -2.18. The Hall–Kier alpha value is -1.97. The molecule has 1 aliphatic heterocycles. The number of amides is 1. The molecule has 1 aromatic carbocycles. The number of hydrogen-bond donors (Lipinski definition) is 3. The van der Waals surface area contributed by atoms with Crippen LogP contribution < -0.4 is 15.8 Å². The molecular formula is C17H19BrN4O3S. The summed E-state index contributed by atoms with van der Waals surface area (Å²) in [5, 5.41) is 1.85. The largest absolute Gasteiger partial charge is 0.372 e. The molecule has 138 valence electrons. The maximum absolute atomic E-state index is 12.8. The Morgan fingerprint density at radius 1 is 1.35 bits per heavy atom. The molecule has 2 aromatic rings. The molecule has 0 aliphatic carbocycles. The van der Waals surface area contributed by atoms with Gasteiger partial charge in [0.25, 0.3) is 0 Å². The molecule has 2 unspecified atom stereocenters. The molecule has 1 aromatic heterocycles. The first-order valence-corrected chi connectivity index (χ1v) is 10.4. The van der Waals surface area contributed by atoms with Crippen molar-refractivity contribution in [3.05, 3.63) is 58.3 Å². The standard InChI is InChI=1S/C17H19BrN4O3S/c18-12-5-6-14-13(9-12)16(15(22-14)17(19)23)26(24,25)21-8-2-4-11-3-1-7-20-10-11/h1,3,5-7,9-10,15-16,21-22H,2,4,8H2,(H2,19,23). The second kappa shape index (κ2) is 7.73. The maximum Gasteiger partial charge on any atom is 0.241 e. The summed E-state index contributed by atoms with van der Waals surface area (Å²) in [6, 6.07) is 7.99. The van der Waals surface area contributed by atoms with Gasteiger partial charge in [-0.1, -0.05) is 22.0 Å². The van der Waals surface area contributed by atoms with Crippen molar-refractivity contribution in [3.63, 3.8) is 0 Å². The zero-order valence-corrected chi connectivity index (χ0v) is 16.3. The van der Waals surface area contributed by atoms with Crippen LogP contribution in [0.5, 0.6) is 0 Å². The van der Waals surface area contributed by atoms with Crippen LogP contribution in [0.15, 0.2) is 47.2 Å². The van der Waals surface area contributed by atoms with Crippen LogP contribution in [0.3, 0.4) is 0 Å². The monoisotopic (exact) mass is 438 g/mol. The molecule has 0 saturated heterocycles. The number of halogens is 1. The number of rotatable bonds is 7. The van der Waals surface area contributed by atoms with E-state index in [0.29, 0.717) is 24.1 Å². The van der Waals surface area contributed by atoms with Crippen molar-refractivity contribution in [2.24, 2.45) is 5.73 Å². The Morgan fingerprint density at radius 2 is 2.15 bits per heavy atom. The van der Waals surface area contributed by atoms with Gasteiger partial charge in [0, 0.05) is 29.1 Å². The third kappa shape index (κ3) is 4.05. The summed E-state index contributed by atoms with van der Waals surface area (Å²) in [6.07, 6.45) is 4.78. The highest BCUT2D eigenvalue weighted by atomic mass is 79.9. The number of carbonyl (C=O) groups is 1. The van der Waals surface area contributed by atoms with Gasteiger partial charge in [0.05, 0.1) is 0 Å². The minimum absolute atomic E-state index is 0.266. The predicted molar refractivity (Wildman–Crippen MR) is 103 cm³/mol. The molecule has 0 spiro atoms. The first kappa shape index (κ1) is 18.8. The van der Waals surface area contributed by atoms with Gasteiger partial charge in [0.1, 0.15) is 11.3 Å². The zero-order chi connectivity index (χ0) is 18.7. The third-order valence-corrected chi connectivity index (χ3v) is 6.54. The quantitative estimate of drug-likeness (QED) is 0.569. The van der Waals surface area contributed by atoms with Crippen LogP contribution in [0.4, 0.5) is 5.69 Å². The van der Waals surface area contributed by atoms with Crippen LogP contribution in [0.1, 0.15) is 22.8 Å². The van der Waals surface area contributed by atoms with Crippen molar-refractivity contribution < 1.29 is 13.2 Å². The number of aryl methyl sites for hydroxylation is 1. The number of nitrogens with one attached hydrogen (secondary N) is 2. The second-order valence-electron chi connectivity index (χ2n) is 6.08. The zero-order valence-electron chi connectivity index (χ0n) is 13.9. The van der Waals surface area contributed by atoms with Crippen molar-refractivity contribution in [3.8, 4) is 0 Å². The number of pyridine rings is 1. The molecule has 9 heteroatoms. The summed E-state index contributed by atoms with van der Waals surface area (Å²) >= 11 is 3.34. The Morgan fingerprint density at radius 3 is 2.85 bits per heavy atom. The number of anilines is 1. The van der Waals surface area contributed by atoms with E-state index in [1.165, 1.54) is 0 Å². The van der Waals surface area contributed by atoms with Gasteiger partial charge in [-0.05, 0) is 48.2 Å². The van der Waals surface area contributed by atoms with Crippen LogP contribution in [0, 0.1) is 0 Å². The summed E-state index contributed by atoms with van der Waals surface area (Å²) in [6.45, 7) is 0.266. The molecule has 3 rings (SSSR count). The number of nitrogens with two attached hydrogens (primary N) is 1. The van der Waals surface area contributed by atoms with E-state index in [9.17, 15) is 13.2 Å². The topological polar surface area (TPSA) is 114 Å². The Balaban J connectivity index is 1.72.